The summed E-state index contributed by atoms with van der Waals surface area (Å²) in [5.41, 5.74) is 1.54. The van der Waals surface area contributed by atoms with E-state index in [0.29, 0.717) is 16.3 Å². The molecule has 2 aromatic carbocycles. The molecular weight excluding hydrogens is 316 g/mol. The number of carbonyl (C=O) groups is 1. The van der Waals surface area contributed by atoms with Gasteiger partial charge in [-0.2, -0.15) is 0 Å². The average molecular weight is 329 g/mol. The molecule has 0 aliphatic heterocycles. The van der Waals surface area contributed by atoms with Gasteiger partial charge in [0.2, 0.25) is 0 Å². The Balaban J connectivity index is 1.55. The van der Waals surface area contributed by atoms with Crippen LogP contribution in [-0.2, 0) is 4.74 Å². The second kappa shape index (κ2) is 7.07. The van der Waals surface area contributed by atoms with Crippen molar-refractivity contribution in [2.75, 3.05) is 13.2 Å². The standard InChI is InChI=1S/C17H13ClN2O3/c18-12-5-1-4-8-16(12)22-9-10-23-17(21)15-11-19-13-6-2-3-7-14(13)20-15/h1-8,11H,9-10H2. The quantitative estimate of drug-likeness (QED) is 0.529. The first kappa shape index (κ1) is 15.2. The lowest BCUT2D eigenvalue weighted by atomic mass is 10.3. The Morgan fingerprint density at radius 2 is 1.74 bits per heavy atom. The lowest BCUT2D eigenvalue weighted by Crippen LogP contribution is -2.14. The second-order valence-corrected chi connectivity index (χ2v) is 5.07. The zero-order valence-electron chi connectivity index (χ0n) is 12.1. The molecule has 0 N–H and O–H groups in total. The number of ether oxygens (including phenoxy) is 2. The molecule has 0 atom stereocenters. The number of hydrogen-bond acceptors (Lipinski definition) is 5. The Morgan fingerprint density at radius 1 is 1.00 bits per heavy atom. The van der Waals surface area contributed by atoms with Crippen molar-refractivity contribution in [3.63, 3.8) is 0 Å². The molecule has 0 saturated carbocycles. The van der Waals surface area contributed by atoms with Crippen molar-refractivity contribution < 1.29 is 14.3 Å². The first-order valence-electron chi connectivity index (χ1n) is 7.00. The highest BCUT2D eigenvalue weighted by atomic mass is 35.5. The van der Waals surface area contributed by atoms with Crippen LogP contribution >= 0.6 is 11.6 Å². The first-order valence-corrected chi connectivity index (χ1v) is 7.38. The number of aromatic nitrogens is 2. The monoisotopic (exact) mass is 328 g/mol. The number of halogens is 1. The largest absolute Gasteiger partial charge is 0.488 e. The number of carbonyl (C=O) groups excluding carboxylic acids is 1. The van der Waals surface area contributed by atoms with E-state index in [9.17, 15) is 4.79 Å². The van der Waals surface area contributed by atoms with E-state index >= 15 is 0 Å². The Morgan fingerprint density at radius 3 is 2.57 bits per heavy atom. The van der Waals surface area contributed by atoms with Crippen LogP contribution in [0.3, 0.4) is 0 Å². The minimum atomic E-state index is -0.536. The molecule has 0 aliphatic carbocycles. The van der Waals surface area contributed by atoms with Crippen LogP contribution in [0.25, 0.3) is 11.0 Å². The topological polar surface area (TPSA) is 61.3 Å². The molecular formula is C17H13ClN2O3. The van der Waals surface area contributed by atoms with Gasteiger partial charge in [-0.3, -0.25) is 4.98 Å². The van der Waals surface area contributed by atoms with Crippen molar-refractivity contribution in [2.45, 2.75) is 0 Å². The van der Waals surface area contributed by atoms with E-state index in [1.54, 1.807) is 18.2 Å². The summed E-state index contributed by atoms with van der Waals surface area (Å²) in [6.07, 6.45) is 1.40. The number of rotatable bonds is 5. The fraction of sp³-hybridized carbons (Fsp3) is 0.118. The molecule has 1 aromatic heterocycles. The van der Waals surface area contributed by atoms with Gasteiger partial charge in [0.15, 0.2) is 5.69 Å². The van der Waals surface area contributed by atoms with Gasteiger partial charge < -0.3 is 9.47 Å². The minimum absolute atomic E-state index is 0.0958. The van der Waals surface area contributed by atoms with Crippen molar-refractivity contribution in [2.24, 2.45) is 0 Å². The van der Waals surface area contributed by atoms with Gasteiger partial charge in [0.05, 0.1) is 22.3 Å². The Labute approximate surface area is 137 Å². The molecule has 3 rings (SSSR count). The van der Waals surface area contributed by atoms with Crippen LogP contribution in [0.1, 0.15) is 10.5 Å². The first-order chi connectivity index (χ1) is 11.2. The highest BCUT2D eigenvalue weighted by molar-refractivity contribution is 6.32. The van der Waals surface area contributed by atoms with Gasteiger partial charge in [0.25, 0.3) is 0 Å². The number of nitrogens with zero attached hydrogens (tertiary/aromatic N) is 2. The molecule has 0 unspecified atom stereocenters. The number of fused-ring (bicyclic) bond motifs is 1. The average Bonchev–Trinajstić information content (AvgIpc) is 2.59. The smallest absolute Gasteiger partial charge is 0.358 e. The van der Waals surface area contributed by atoms with Crippen molar-refractivity contribution in [1.82, 2.24) is 9.97 Å². The Hall–Kier alpha value is -2.66. The van der Waals surface area contributed by atoms with Crippen LogP contribution in [0, 0.1) is 0 Å². The summed E-state index contributed by atoms with van der Waals surface area (Å²) in [5.74, 6) is 0.0155. The molecule has 0 amide bonds. The number of para-hydroxylation sites is 3. The fourth-order valence-corrected chi connectivity index (χ4v) is 2.17. The fourth-order valence-electron chi connectivity index (χ4n) is 1.98. The van der Waals surface area contributed by atoms with E-state index in [-0.39, 0.29) is 18.9 Å². The van der Waals surface area contributed by atoms with Crippen LogP contribution in [0.5, 0.6) is 5.75 Å². The van der Waals surface area contributed by atoms with Gasteiger partial charge in [-0.15, -0.1) is 0 Å². The molecule has 116 valence electrons. The summed E-state index contributed by atoms with van der Waals surface area (Å²) in [5, 5.41) is 0.513. The van der Waals surface area contributed by atoms with E-state index in [2.05, 4.69) is 9.97 Å². The van der Waals surface area contributed by atoms with Gasteiger partial charge in [-0.1, -0.05) is 35.9 Å². The van der Waals surface area contributed by atoms with Crippen LogP contribution in [0.2, 0.25) is 5.02 Å². The lowest BCUT2D eigenvalue weighted by molar-refractivity contribution is 0.0443. The Kier molecular flexibility index (Phi) is 4.68. The van der Waals surface area contributed by atoms with Gasteiger partial charge in [-0.25, -0.2) is 9.78 Å². The molecule has 5 nitrogen and oxygen atoms in total. The molecule has 23 heavy (non-hydrogen) atoms. The minimum Gasteiger partial charge on any atom is -0.488 e. The summed E-state index contributed by atoms with van der Waals surface area (Å²) in [6, 6.07) is 14.4. The summed E-state index contributed by atoms with van der Waals surface area (Å²) in [4.78, 5) is 20.4. The lowest BCUT2D eigenvalue weighted by Gasteiger charge is -2.08. The molecule has 0 spiro atoms. The van der Waals surface area contributed by atoms with E-state index in [4.69, 9.17) is 21.1 Å². The maximum absolute atomic E-state index is 12.0. The Bertz CT molecular complexity index is 839. The van der Waals surface area contributed by atoms with Crippen molar-refractivity contribution >= 4 is 28.6 Å². The third kappa shape index (κ3) is 3.76. The summed E-state index contributed by atoms with van der Waals surface area (Å²) < 4.78 is 10.6. The molecule has 0 aliphatic rings. The normalized spacial score (nSPS) is 10.5. The molecule has 0 saturated heterocycles. The van der Waals surface area contributed by atoms with Crippen LogP contribution in [-0.4, -0.2) is 29.2 Å². The number of esters is 1. The van der Waals surface area contributed by atoms with Crippen molar-refractivity contribution in [1.29, 1.82) is 0 Å². The number of benzene rings is 2. The van der Waals surface area contributed by atoms with Crippen LogP contribution in [0.4, 0.5) is 0 Å². The van der Waals surface area contributed by atoms with Crippen molar-refractivity contribution in [3.8, 4) is 5.75 Å². The second-order valence-electron chi connectivity index (χ2n) is 4.66. The molecule has 0 fully saturated rings. The highest BCUT2D eigenvalue weighted by Gasteiger charge is 2.10. The van der Waals surface area contributed by atoms with E-state index < -0.39 is 5.97 Å². The molecule has 1 heterocycles. The van der Waals surface area contributed by atoms with E-state index in [0.717, 1.165) is 5.52 Å². The third-order valence-corrected chi connectivity index (χ3v) is 3.38. The molecule has 0 bridgehead atoms. The summed E-state index contributed by atoms with van der Waals surface area (Å²) in [6.45, 7) is 0.301. The van der Waals surface area contributed by atoms with E-state index in [1.165, 1.54) is 6.20 Å². The maximum atomic E-state index is 12.0. The van der Waals surface area contributed by atoms with Crippen LogP contribution in [0.15, 0.2) is 54.7 Å². The zero-order chi connectivity index (χ0) is 16.1. The molecule has 3 aromatic rings. The van der Waals surface area contributed by atoms with Gasteiger partial charge in [0.1, 0.15) is 19.0 Å². The predicted octanol–water partition coefficient (Wildman–Crippen LogP) is 3.52. The maximum Gasteiger partial charge on any atom is 0.358 e. The van der Waals surface area contributed by atoms with E-state index in [1.807, 2.05) is 30.3 Å². The van der Waals surface area contributed by atoms with Gasteiger partial charge in [-0.05, 0) is 24.3 Å². The van der Waals surface area contributed by atoms with Gasteiger partial charge >= 0.3 is 5.97 Å². The predicted molar refractivity (Wildman–Crippen MR) is 86.8 cm³/mol. The molecule has 0 radical (unpaired) electrons. The van der Waals surface area contributed by atoms with Gasteiger partial charge in [0, 0.05) is 0 Å². The highest BCUT2D eigenvalue weighted by Crippen LogP contribution is 2.22. The third-order valence-electron chi connectivity index (χ3n) is 3.07. The summed E-state index contributed by atoms with van der Waals surface area (Å²) >= 11 is 5.97. The van der Waals surface area contributed by atoms with Crippen LogP contribution < -0.4 is 4.74 Å². The number of hydrogen-bond donors (Lipinski definition) is 0. The van der Waals surface area contributed by atoms with Crippen molar-refractivity contribution in [3.05, 3.63) is 65.4 Å². The summed E-state index contributed by atoms with van der Waals surface area (Å²) in [7, 11) is 0. The molecule has 6 heteroatoms. The SMILES string of the molecule is O=C(OCCOc1ccccc1Cl)c1cnc2ccccc2n1. The zero-order valence-corrected chi connectivity index (χ0v) is 12.9.